The number of fused-ring (bicyclic) bond motifs is 3. The first-order valence-corrected chi connectivity index (χ1v) is 9.18. The van der Waals surface area contributed by atoms with Crippen molar-refractivity contribution in [2.24, 2.45) is 0 Å². The second-order valence-corrected chi connectivity index (χ2v) is 6.80. The lowest BCUT2D eigenvalue weighted by molar-refractivity contribution is -0.659. The van der Waals surface area contributed by atoms with E-state index in [9.17, 15) is 0 Å². The van der Waals surface area contributed by atoms with Crippen molar-refractivity contribution in [3.8, 4) is 11.3 Å². The van der Waals surface area contributed by atoms with Crippen LogP contribution in [0.2, 0.25) is 0 Å². The summed E-state index contributed by atoms with van der Waals surface area (Å²) in [5.41, 5.74) is 17.5. The average molecular weight is 422 g/mol. The van der Waals surface area contributed by atoms with E-state index >= 15 is 0 Å². The fourth-order valence-electron chi connectivity index (χ4n) is 3.71. The number of unbranched alkanes of at least 4 members (excludes halogenated alkanes) is 1. The highest BCUT2D eigenvalue weighted by atomic mass is 79.9. The summed E-state index contributed by atoms with van der Waals surface area (Å²) < 4.78 is 2.41. The zero-order valence-corrected chi connectivity index (χ0v) is 17.0. The van der Waals surface area contributed by atoms with Crippen LogP contribution in [0, 0.1) is 0 Å². The van der Waals surface area contributed by atoms with Gasteiger partial charge in [0.1, 0.15) is 6.54 Å². The Hall–Kier alpha value is -2.59. The Kier molecular flexibility index (Phi) is 5.66. The van der Waals surface area contributed by atoms with Crippen LogP contribution >= 0.6 is 0 Å². The summed E-state index contributed by atoms with van der Waals surface area (Å²) in [7, 11) is 0. The van der Waals surface area contributed by atoms with Crippen molar-refractivity contribution in [1.29, 1.82) is 0 Å². The first-order valence-electron chi connectivity index (χ1n) is 9.18. The van der Waals surface area contributed by atoms with E-state index in [0.717, 1.165) is 30.8 Å². The minimum absolute atomic E-state index is 0. The van der Waals surface area contributed by atoms with Gasteiger partial charge in [0.15, 0.2) is 0 Å². The summed E-state index contributed by atoms with van der Waals surface area (Å²) in [4.78, 5) is 0. The maximum absolute atomic E-state index is 6.16. The molecule has 1 aromatic heterocycles. The average Bonchev–Trinajstić information content (AvgIpc) is 2.66. The molecule has 0 saturated heterocycles. The number of aromatic nitrogens is 1. The zero-order valence-electron chi connectivity index (χ0n) is 15.5. The molecule has 3 nitrogen and oxygen atoms in total. The number of halogens is 1. The molecule has 0 aliphatic heterocycles. The van der Waals surface area contributed by atoms with Crippen LogP contribution in [0.25, 0.3) is 32.9 Å². The molecular formula is C23H24BrN3. The number of pyridine rings is 1. The summed E-state index contributed by atoms with van der Waals surface area (Å²) in [5.74, 6) is 0. The smallest absolute Gasteiger partial charge is 0.220 e. The number of nitrogen functional groups attached to an aromatic ring is 2. The van der Waals surface area contributed by atoms with E-state index < -0.39 is 0 Å². The number of rotatable bonds is 4. The van der Waals surface area contributed by atoms with Gasteiger partial charge in [-0.25, -0.2) is 0 Å². The SMILES string of the molecule is CCCC[n+]1c(-c2ccccc2)c2cc(N)ccc2c2ccc(N)cc21.[Br-]. The molecule has 4 rings (SSSR count). The fraction of sp³-hybridized carbons (Fsp3) is 0.174. The second-order valence-electron chi connectivity index (χ2n) is 6.80. The van der Waals surface area contributed by atoms with E-state index in [1.165, 1.54) is 32.9 Å². The Morgan fingerprint density at radius 2 is 1.44 bits per heavy atom. The molecule has 0 saturated carbocycles. The van der Waals surface area contributed by atoms with Crippen LogP contribution < -0.4 is 33.0 Å². The van der Waals surface area contributed by atoms with Crippen LogP contribution in [0.1, 0.15) is 19.8 Å². The molecule has 3 aromatic carbocycles. The highest BCUT2D eigenvalue weighted by Crippen LogP contribution is 2.33. The topological polar surface area (TPSA) is 55.9 Å². The van der Waals surface area contributed by atoms with Gasteiger partial charge < -0.3 is 28.4 Å². The third-order valence-corrected chi connectivity index (χ3v) is 4.95. The van der Waals surface area contributed by atoms with Crippen LogP contribution in [0.5, 0.6) is 0 Å². The standard InChI is InChI=1S/C23H23N3.BrH/c1-2-3-13-26-22-15-18(25)10-12-20(22)19-11-9-17(24)14-21(19)23(26)16-7-5-4-6-8-16;/h4-12,14-15,25H,2-3,13,24H2,1H3;1H. The Morgan fingerprint density at radius 1 is 0.778 bits per heavy atom. The normalized spacial score (nSPS) is 10.9. The van der Waals surface area contributed by atoms with Gasteiger partial charge in [0, 0.05) is 34.8 Å². The summed E-state index contributed by atoms with van der Waals surface area (Å²) in [6.45, 7) is 3.17. The Labute approximate surface area is 170 Å². The molecule has 1 heterocycles. The van der Waals surface area contributed by atoms with Crippen molar-refractivity contribution < 1.29 is 21.5 Å². The van der Waals surface area contributed by atoms with Crippen molar-refractivity contribution in [2.45, 2.75) is 26.3 Å². The molecule has 0 aliphatic carbocycles. The van der Waals surface area contributed by atoms with Crippen LogP contribution in [-0.4, -0.2) is 0 Å². The number of nitrogens with zero attached hydrogens (tertiary/aromatic N) is 1. The van der Waals surface area contributed by atoms with E-state index in [-0.39, 0.29) is 17.0 Å². The highest BCUT2D eigenvalue weighted by molar-refractivity contribution is 6.10. The number of hydrogen-bond donors (Lipinski definition) is 2. The number of nitrogens with two attached hydrogens (primary N) is 2. The number of benzene rings is 3. The molecular weight excluding hydrogens is 398 g/mol. The predicted molar refractivity (Wildman–Crippen MR) is 111 cm³/mol. The van der Waals surface area contributed by atoms with Gasteiger partial charge in [-0.1, -0.05) is 37.6 Å². The van der Waals surface area contributed by atoms with E-state index in [1.807, 2.05) is 12.1 Å². The molecule has 0 spiro atoms. The van der Waals surface area contributed by atoms with E-state index in [1.54, 1.807) is 0 Å². The third kappa shape index (κ3) is 3.50. The van der Waals surface area contributed by atoms with Gasteiger partial charge in [-0.05, 0) is 36.4 Å². The lowest BCUT2D eigenvalue weighted by Crippen LogP contribution is -3.00. The Balaban J connectivity index is 0.00000210. The number of anilines is 2. The van der Waals surface area contributed by atoms with E-state index in [0.29, 0.717) is 0 Å². The molecule has 4 aromatic rings. The zero-order chi connectivity index (χ0) is 18.1. The molecule has 4 N–H and O–H groups in total. The van der Waals surface area contributed by atoms with Crippen molar-refractivity contribution in [3.05, 3.63) is 66.7 Å². The summed E-state index contributed by atoms with van der Waals surface area (Å²) in [6, 6.07) is 22.9. The van der Waals surface area contributed by atoms with Crippen molar-refractivity contribution in [1.82, 2.24) is 0 Å². The summed E-state index contributed by atoms with van der Waals surface area (Å²) >= 11 is 0. The largest absolute Gasteiger partial charge is 1.00 e. The maximum atomic E-state index is 6.16. The lowest BCUT2D eigenvalue weighted by atomic mass is 9.98. The molecule has 0 radical (unpaired) electrons. The van der Waals surface area contributed by atoms with Crippen molar-refractivity contribution in [3.63, 3.8) is 0 Å². The van der Waals surface area contributed by atoms with Crippen LogP contribution in [0.15, 0.2) is 66.7 Å². The number of hydrogen-bond acceptors (Lipinski definition) is 2. The summed E-state index contributed by atoms with van der Waals surface area (Å²) in [6.07, 6.45) is 2.25. The highest BCUT2D eigenvalue weighted by Gasteiger charge is 2.23. The maximum Gasteiger partial charge on any atom is 0.220 e. The lowest BCUT2D eigenvalue weighted by Gasteiger charge is -2.13. The fourth-order valence-corrected chi connectivity index (χ4v) is 3.71. The second kappa shape index (κ2) is 7.97. The molecule has 27 heavy (non-hydrogen) atoms. The molecule has 0 aliphatic rings. The first kappa shape index (κ1) is 19.2. The van der Waals surface area contributed by atoms with Gasteiger partial charge in [0.25, 0.3) is 0 Å². The van der Waals surface area contributed by atoms with Gasteiger partial charge in [0.2, 0.25) is 11.2 Å². The number of aryl methyl sites for hydroxylation is 1. The molecule has 0 atom stereocenters. The van der Waals surface area contributed by atoms with Crippen LogP contribution in [-0.2, 0) is 6.54 Å². The van der Waals surface area contributed by atoms with Gasteiger partial charge >= 0.3 is 0 Å². The first-order chi connectivity index (χ1) is 12.7. The quantitative estimate of drug-likeness (QED) is 0.300. The van der Waals surface area contributed by atoms with Crippen LogP contribution in [0.3, 0.4) is 0 Å². The molecule has 138 valence electrons. The van der Waals surface area contributed by atoms with Gasteiger partial charge in [-0.15, -0.1) is 0 Å². The minimum Gasteiger partial charge on any atom is -1.00 e. The Bertz CT molecular complexity index is 1090. The van der Waals surface area contributed by atoms with E-state index in [2.05, 4.69) is 66.1 Å². The third-order valence-electron chi connectivity index (χ3n) is 4.95. The van der Waals surface area contributed by atoms with Crippen LogP contribution in [0.4, 0.5) is 11.4 Å². The molecule has 0 unspecified atom stereocenters. The molecule has 0 amide bonds. The predicted octanol–water partition coefficient (Wildman–Crippen LogP) is 1.92. The van der Waals surface area contributed by atoms with Gasteiger partial charge in [-0.3, -0.25) is 0 Å². The minimum atomic E-state index is 0. The molecule has 0 bridgehead atoms. The van der Waals surface area contributed by atoms with Crippen molar-refractivity contribution in [2.75, 3.05) is 11.5 Å². The van der Waals surface area contributed by atoms with Gasteiger partial charge in [0.05, 0.1) is 10.8 Å². The van der Waals surface area contributed by atoms with E-state index in [4.69, 9.17) is 11.5 Å². The summed E-state index contributed by atoms with van der Waals surface area (Å²) in [5, 5.41) is 3.61. The molecule has 4 heteroatoms. The van der Waals surface area contributed by atoms with Crippen molar-refractivity contribution >= 4 is 33.1 Å². The molecule has 0 fully saturated rings. The monoisotopic (exact) mass is 421 g/mol. The Morgan fingerprint density at radius 3 is 2.15 bits per heavy atom. The van der Waals surface area contributed by atoms with Gasteiger partial charge in [-0.2, -0.15) is 4.57 Å².